The molecule has 0 bridgehead atoms. The Bertz CT molecular complexity index is 1200. The molecule has 0 aliphatic carbocycles. The first-order valence-electron chi connectivity index (χ1n) is 11.7. The highest BCUT2D eigenvalue weighted by atomic mass is 16.6. The minimum absolute atomic E-state index is 0.0438. The van der Waals surface area contributed by atoms with E-state index in [1.807, 2.05) is 36.4 Å². The van der Waals surface area contributed by atoms with Gasteiger partial charge in [0.2, 0.25) is 5.95 Å². The summed E-state index contributed by atoms with van der Waals surface area (Å²) in [4.78, 5) is 37.1. The molecular formula is C26H32N6O5. The van der Waals surface area contributed by atoms with Gasteiger partial charge in [-0.25, -0.2) is 24.5 Å². The average Bonchev–Trinajstić information content (AvgIpc) is 2.87. The lowest BCUT2D eigenvalue weighted by Crippen LogP contribution is -2.38. The van der Waals surface area contributed by atoms with Crippen molar-refractivity contribution < 1.29 is 24.2 Å². The Morgan fingerprint density at radius 1 is 1.05 bits per heavy atom. The molecule has 1 aromatic carbocycles. The normalized spacial score (nSPS) is 11.8. The highest BCUT2D eigenvalue weighted by Gasteiger charge is 2.21. The van der Waals surface area contributed by atoms with Crippen molar-refractivity contribution in [2.24, 2.45) is 0 Å². The van der Waals surface area contributed by atoms with Crippen molar-refractivity contribution in [3.05, 3.63) is 60.6 Å². The van der Waals surface area contributed by atoms with Gasteiger partial charge in [0.15, 0.2) is 0 Å². The molecule has 4 N–H and O–H groups in total. The van der Waals surface area contributed by atoms with Crippen LogP contribution in [-0.4, -0.2) is 57.4 Å². The summed E-state index contributed by atoms with van der Waals surface area (Å²) < 4.78 is 10.1. The van der Waals surface area contributed by atoms with E-state index in [-0.39, 0.29) is 25.5 Å². The molecule has 0 aliphatic rings. The van der Waals surface area contributed by atoms with Crippen LogP contribution in [0.3, 0.4) is 0 Å². The number of ether oxygens (including phenoxy) is 2. The molecule has 2 heterocycles. The molecule has 0 saturated heterocycles. The number of carbonyl (C=O) groups excluding carboxylic acids is 2. The number of carbonyl (C=O) groups is 2. The number of amides is 1. The zero-order valence-electron chi connectivity index (χ0n) is 21.3. The fraction of sp³-hybridized carbons (Fsp3) is 0.346. The summed E-state index contributed by atoms with van der Waals surface area (Å²) >= 11 is 0. The third kappa shape index (κ3) is 8.73. The van der Waals surface area contributed by atoms with Crippen LogP contribution >= 0.6 is 0 Å². The predicted octanol–water partition coefficient (Wildman–Crippen LogP) is 3.64. The summed E-state index contributed by atoms with van der Waals surface area (Å²) in [6.07, 6.45) is 4.62. The Balaban J connectivity index is 1.63. The number of methoxy groups -OCH3 is 1. The van der Waals surface area contributed by atoms with Crippen molar-refractivity contribution in [2.75, 3.05) is 24.3 Å². The number of benzene rings is 1. The van der Waals surface area contributed by atoms with E-state index >= 15 is 0 Å². The molecule has 0 spiro atoms. The first-order chi connectivity index (χ1) is 17.7. The Hall–Kier alpha value is -4.25. The largest absolute Gasteiger partial charge is 0.467 e. The van der Waals surface area contributed by atoms with E-state index in [1.165, 1.54) is 7.11 Å². The molecule has 3 aromatic rings. The van der Waals surface area contributed by atoms with Gasteiger partial charge in [-0.15, -0.1) is 0 Å². The molecule has 11 heteroatoms. The summed E-state index contributed by atoms with van der Waals surface area (Å²) in [7, 11) is 1.29. The van der Waals surface area contributed by atoms with Gasteiger partial charge in [-0.1, -0.05) is 12.1 Å². The fourth-order valence-corrected chi connectivity index (χ4v) is 3.31. The van der Waals surface area contributed by atoms with Gasteiger partial charge < -0.3 is 30.5 Å². The lowest BCUT2D eigenvalue weighted by molar-refractivity contribution is -0.141. The topological polar surface area (TPSA) is 148 Å². The molecule has 3 rings (SSSR count). The molecule has 0 saturated carbocycles. The number of pyridine rings is 1. The highest BCUT2D eigenvalue weighted by Crippen LogP contribution is 2.23. The van der Waals surface area contributed by atoms with Crippen LogP contribution in [0.2, 0.25) is 0 Å². The monoisotopic (exact) mass is 508 g/mol. The van der Waals surface area contributed by atoms with Crippen LogP contribution in [0.25, 0.3) is 11.1 Å². The molecule has 11 nitrogen and oxygen atoms in total. The van der Waals surface area contributed by atoms with Gasteiger partial charge in [-0.05, 0) is 62.6 Å². The number of aliphatic hydroxyl groups is 1. The van der Waals surface area contributed by atoms with Crippen molar-refractivity contribution in [3.63, 3.8) is 0 Å². The Morgan fingerprint density at radius 3 is 2.49 bits per heavy atom. The van der Waals surface area contributed by atoms with Gasteiger partial charge >= 0.3 is 12.1 Å². The molecule has 1 unspecified atom stereocenters. The van der Waals surface area contributed by atoms with Crippen molar-refractivity contribution in [2.45, 2.75) is 45.4 Å². The maximum absolute atomic E-state index is 12.2. The first kappa shape index (κ1) is 27.3. The predicted molar refractivity (Wildman–Crippen MR) is 139 cm³/mol. The second kappa shape index (κ2) is 12.6. The number of hydrogen-bond donors (Lipinski definition) is 4. The third-order valence-corrected chi connectivity index (χ3v) is 5.02. The van der Waals surface area contributed by atoms with Gasteiger partial charge in [-0.3, -0.25) is 0 Å². The van der Waals surface area contributed by atoms with Gasteiger partial charge in [0, 0.05) is 36.4 Å². The first-order valence-corrected chi connectivity index (χ1v) is 11.7. The van der Waals surface area contributed by atoms with E-state index in [0.717, 1.165) is 22.4 Å². The third-order valence-electron chi connectivity index (χ3n) is 5.02. The van der Waals surface area contributed by atoms with Crippen LogP contribution in [0.5, 0.6) is 0 Å². The fourth-order valence-electron chi connectivity index (χ4n) is 3.31. The van der Waals surface area contributed by atoms with E-state index in [2.05, 4.69) is 30.9 Å². The van der Waals surface area contributed by atoms with Crippen LogP contribution in [0.15, 0.2) is 55.0 Å². The lowest BCUT2D eigenvalue weighted by Gasteiger charge is -2.20. The molecule has 1 atom stereocenters. The number of rotatable bonds is 10. The van der Waals surface area contributed by atoms with Crippen molar-refractivity contribution in [1.29, 1.82) is 0 Å². The molecular weight excluding hydrogens is 476 g/mol. The summed E-state index contributed by atoms with van der Waals surface area (Å²) in [6.45, 7) is 5.46. The molecule has 0 fully saturated rings. The number of alkyl carbamates (subject to hydrolysis) is 1. The van der Waals surface area contributed by atoms with E-state index < -0.39 is 23.7 Å². The Morgan fingerprint density at radius 2 is 1.81 bits per heavy atom. The van der Waals surface area contributed by atoms with Crippen molar-refractivity contribution in [1.82, 2.24) is 20.3 Å². The Kier molecular flexibility index (Phi) is 9.33. The zero-order valence-corrected chi connectivity index (χ0v) is 21.3. The molecule has 196 valence electrons. The van der Waals surface area contributed by atoms with Crippen LogP contribution in [0.1, 0.15) is 32.8 Å². The molecule has 37 heavy (non-hydrogen) atoms. The highest BCUT2D eigenvalue weighted by molar-refractivity contribution is 5.78. The maximum Gasteiger partial charge on any atom is 0.407 e. The number of aliphatic hydroxyl groups excluding tert-OH is 1. The minimum Gasteiger partial charge on any atom is -0.467 e. The Labute approximate surface area is 215 Å². The van der Waals surface area contributed by atoms with E-state index in [0.29, 0.717) is 5.82 Å². The summed E-state index contributed by atoms with van der Waals surface area (Å²) in [5.41, 5.74) is 2.58. The number of aromatic nitrogens is 3. The van der Waals surface area contributed by atoms with Crippen LogP contribution in [0, 0.1) is 0 Å². The molecule has 0 aliphatic heterocycles. The second-order valence-corrected chi connectivity index (χ2v) is 9.15. The smallest absolute Gasteiger partial charge is 0.407 e. The number of nitrogens with one attached hydrogen (secondary N) is 3. The lowest BCUT2D eigenvalue weighted by atomic mass is 10.1. The van der Waals surface area contributed by atoms with Crippen LogP contribution in [-0.2, 0) is 20.9 Å². The van der Waals surface area contributed by atoms with Crippen LogP contribution < -0.4 is 16.0 Å². The quantitative estimate of drug-likeness (QED) is 0.299. The number of anilines is 3. The number of hydrogen-bond acceptors (Lipinski definition) is 10. The minimum atomic E-state index is -0.766. The van der Waals surface area contributed by atoms with Gasteiger partial charge in [0.25, 0.3) is 0 Å². The second-order valence-electron chi connectivity index (χ2n) is 9.15. The standard InChI is InChI=1S/C26H32N6O5/c1-26(2,3)37-25(35)28-11-9-21(23(34)36-4)32-24-29-14-19(15-30-24)18-8-10-27-22(13-18)31-20-7-5-6-17(12-20)16-33/h5-8,10,12-15,21,33H,9,11,16H2,1-4H3,(H,27,31)(H,28,35)(H,29,30,32). The zero-order chi connectivity index (χ0) is 26.8. The summed E-state index contributed by atoms with van der Waals surface area (Å²) in [6, 6.07) is 10.3. The SMILES string of the molecule is COC(=O)C(CCNC(=O)OC(C)(C)C)Nc1ncc(-c2ccnc(Nc3cccc(CO)c3)c2)cn1. The average molecular weight is 509 g/mol. The number of nitrogens with zero attached hydrogens (tertiary/aromatic N) is 3. The van der Waals surface area contributed by atoms with Gasteiger partial charge in [0.05, 0.1) is 13.7 Å². The molecule has 1 amide bonds. The maximum atomic E-state index is 12.2. The van der Waals surface area contributed by atoms with Crippen molar-refractivity contribution >= 4 is 29.5 Å². The molecule has 2 aromatic heterocycles. The van der Waals surface area contributed by atoms with Gasteiger partial charge in [-0.2, -0.15) is 0 Å². The van der Waals surface area contributed by atoms with E-state index in [9.17, 15) is 14.7 Å². The number of esters is 1. The van der Waals surface area contributed by atoms with Crippen molar-refractivity contribution in [3.8, 4) is 11.1 Å². The molecule has 0 radical (unpaired) electrons. The van der Waals surface area contributed by atoms with Gasteiger partial charge in [0.1, 0.15) is 17.5 Å². The summed E-state index contributed by atoms with van der Waals surface area (Å²) in [5.74, 6) is 0.358. The van der Waals surface area contributed by atoms with Crippen LogP contribution in [0.4, 0.5) is 22.2 Å². The summed E-state index contributed by atoms with van der Waals surface area (Å²) in [5, 5.41) is 18.1. The van der Waals surface area contributed by atoms with E-state index in [1.54, 1.807) is 39.4 Å². The van der Waals surface area contributed by atoms with E-state index in [4.69, 9.17) is 9.47 Å².